The summed E-state index contributed by atoms with van der Waals surface area (Å²) in [6.45, 7) is 1.81. The molecule has 0 aromatic heterocycles. The molecule has 2 aromatic rings. The van der Waals surface area contributed by atoms with Gasteiger partial charge in [-0.25, -0.2) is 8.42 Å². The van der Waals surface area contributed by atoms with E-state index in [2.05, 4.69) is 20.7 Å². The maximum atomic E-state index is 12.3. The first-order valence-corrected chi connectivity index (χ1v) is 8.29. The van der Waals surface area contributed by atoms with Crippen LogP contribution in [-0.2, 0) is 10.0 Å². The standard InChI is InChI=1S/C13H12BrClN2O2S/c1-8-2-4-10(7-12(8)16)20(18,19)17-13-6-9(14)3-5-11(13)15/h2-7,17H,16H2,1H3. The molecule has 0 heterocycles. The Kier molecular flexibility index (Phi) is 4.27. The van der Waals surface area contributed by atoms with E-state index < -0.39 is 10.0 Å². The van der Waals surface area contributed by atoms with Gasteiger partial charge in [-0.15, -0.1) is 0 Å². The molecule has 106 valence electrons. The molecule has 0 fully saturated rings. The first-order valence-electron chi connectivity index (χ1n) is 5.63. The van der Waals surface area contributed by atoms with Gasteiger partial charge < -0.3 is 5.73 Å². The van der Waals surface area contributed by atoms with Crippen LogP contribution in [0.4, 0.5) is 11.4 Å². The predicted molar refractivity (Wildman–Crippen MR) is 85.6 cm³/mol. The molecule has 7 heteroatoms. The van der Waals surface area contributed by atoms with Crippen molar-refractivity contribution in [1.29, 1.82) is 0 Å². The third-order valence-electron chi connectivity index (χ3n) is 2.73. The Morgan fingerprint density at radius 1 is 1.20 bits per heavy atom. The van der Waals surface area contributed by atoms with Crippen LogP contribution in [0.25, 0.3) is 0 Å². The van der Waals surface area contributed by atoms with Crippen LogP contribution >= 0.6 is 27.5 Å². The highest BCUT2D eigenvalue weighted by Crippen LogP contribution is 2.28. The van der Waals surface area contributed by atoms with Crippen molar-refractivity contribution in [2.75, 3.05) is 10.5 Å². The molecule has 20 heavy (non-hydrogen) atoms. The highest BCUT2D eigenvalue weighted by Gasteiger charge is 2.16. The van der Waals surface area contributed by atoms with Crippen molar-refractivity contribution >= 4 is 48.9 Å². The molecule has 0 unspecified atom stereocenters. The van der Waals surface area contributed by atoms with E-state index in [-0.39, 0.29) is 4.90 Å². The smallest absolute Gasteiger partial charge is 0.262 e. The van der Waals surface area contributed by atoms with Crippen molar-refractivity contribution in [3.8, 4) is 0 Å². The quantitative estimate of drug-likeness (QED) is 0.802. The molecule has 0 aliphatic rings. The zero-order valence-corrected chi connectivity index (χ0v) is 13.7. The van der Waals surface area contributed by atoms with Crippen molar-refractivity contribution in [3.63, 3.8) is 0 Å². The Hall–Kier alpha value is -1.24. The molecule has 0 aliphatic carbocycles. The molecule has 2 rings (SSSR count). The van der Waals surface area contributed by atoms with E-state index in [4.69, 9.17) is 17.3 Å². The first kappa shape index (κ1) is 15.2. The summed E-state index contributed by atoms with van der Waals surface area (Å²) in [5.41, 5.74) is 7.29. The van der Waals surface area contributed by atoms with Gasteiger partial charge in [0.05, 0.1) is 15.6 Å². The molecule has 0 saturated carbocycles. The topological polar surface area (TPSA) is 72.2 Å². The van der Waals surface area contributed by atoms with Gasteiger partial charge in [-0.1, -0.05) is 33.6 Å². The lowest BCUT2D eigenvalue weighted by molar-refractivity contribution is 0.601. The maximum absolute atomic E-state index is 12.3. The molecule has 0 aliphatic heterocycles. The number of nitrogen functional groups attached to an aromatic ring is 1. The molecular formula is C13H12BrClN2O2S. The number of anilines is 2. The number of hydrogen-bond acceptors (Lipinski definition) is 3. The molecular weight excluding hydrogens is 364 g/mol. The average Bonchev–Trinajstić information content (AvgIpc) is 2.36. The molecule has 0 spiro atoms. The van der Waals surface area contributed by atoms with E-state index >= 15 is 0 Å². The van der Waals surface area contributed by atoms with Crippen molar-refractivity contribution < 1.29 is 8.42 Å². The number of aryl methyl sites for hydroxylation is 1. The zero-order chi connectivity index (χ0) is 14.9. The van der Waals surface area contributed by atoms with Crippen molar-refractivity contribution in [2.45, 2.75) is 11.8 Å². The second-order valence-corrected chi connectivity index (χ2v) is 7.25. The largest absolute Gasteiger partial charge is 0.398 e. The van der Waals surface area contributed by atoms with Gasteiger partial charge in [0, 0.05) is 10.2 Å². The Morgan fingerprint density at radius 2 is 1.90 bits per heavy atom. The Morgan fingerprint density at radius 3 is 2.55 bits per heavy atom. The van der Waals surface area contributed by atoms with Crippen LogP contribution in [0.2, 0.25) is 5.02 Å². The summed E-state index contributed by atoms with van der Waals surface area (Å²) >= 11 is 9.24. The average molecular weight is 376 g/mol. The molecule has 4 nitrogen and oxygen atoms in total. The first-order chi connectivity index (χ1) is 9.29. The summed E-state index contributed by atoms with van der Waals surface area (Å²) in [6.07, 6.45) is 0. The van der Waals surface area contributed by atoms with Gasteiger partial charge in [0.25, 0.3) is 10.0 Å². The predicted octanol–water partition coefficient (Wildman–Crippen LogP) is 3.79. The van der Waals surface area contributed by atoms with Crippen molar-refractivity contribution in [1.82, 2.24) is 0 Å². The van der Waals surface area contributed by atoms with E-state index in [9.17, 15) is 8.42 Å². The molecule has 0 amide bonds. The minimum Gasteiger partial charge on any atom is -0.398 e. The summed E-state index contributed by atoms with van der Waals surface area (Å²) in [5, 5.41) is 0.317. The lowest BCUT2D eigenvalue weighted by Gasteiger charge is -2.11. The molecule has 2 aromatic carbocycles. The van der Waals surface area contributed by atoms with E-state index in [0.717, 1.165) is 10.0 Å². The number of sulfonamides is 1. The summed E-state index contributed by atoms with van der Waals surface area (Å²) < 4.78 is 27.7. The third-order valence-corrected chi connectivity index (χ3v) is 4.92. The van der Waals surface area contributed by atoms with Gasteiger partial charge in [-0.3, -0.25) is 4.72 Å². The SMILES string of the molecule is Cc1ccc(S(=O)(=O)Nc2cc(Br)ccc2Cl)cc1N. The van der Waals surface area contributed by atoms with E-state index in [1.807, 2.05) is 6.92 Å². The van der Waals surface area contributed by atoms with Crippen LogP contribution < -0.4 is 10.5 Å². The summed E-state index contributed by atoms with van der Waals surface area (Å²) in [6, 6.07) is 9.50. The Bertz CT molecular complexity index is 763. The number of nitrogens with one attached hydrogen (secondary N) is 1. The van der Waals surface area contributed by atoms with E-state index in [1.54, 1.807) is 24.3 Å². The van der Waals surface area contributed by atoms with Gasteiger partial charge in [0.2, 0.25) is 0 Å². The molecule has 0 atom stereocenters. The summed E-state index contributed by atoms with van der Waals surface area (Å²) in [5.74, 6) is 0. The molecule has 0 bridgehead atoms. The van der Waals surface area contributed by atoms with Crippen LogP contribution in [0.5, 0.6) is 0 Å². The van der Waals surface area contributed by atoms with Crippen LogP contribution in [0, 0.1) is 6.92 Å². The number of hydrogen-bond donors (Lipinski definition) is 2. The lowest BCUT2D eigenvalue weighted by Crippen LogP contribution is -2.13. The second-order valence-electron chi connectivity index (χ2n) is 4.25. The molecule has 3 N–H and O–H groups in total. The van der Waals surface area contributed by atoms with Gasteiger partial charge >= 0.3 is 0 Å². The minimum atomic E-state index is -3.73. The Balaban J connectivity index is 2.40. The fraction of sp³-hybridized carbons (Fsp3) is 0.0769. The Labute approximate surface area is 131 Å². The zero-order valence-electron chi connectivity index (χ0n) is 10.5. The monoisotopic (exact) mass is 374 g/mol. The van der Waals surface area contributed by atoms with Gasteiger partial charge in [0.15, 0.2) is 0 Å². The lowest BCUT2D eigenvalue weighted by atomic mass is 10.2. The van der Waals surface area contributed by atoms with Crippen LogP contribution in [0.3, 0.4) is 0 Å². The minimum absolute atomic E-state index is 0.0941. The van der Waals surface area contributed by atoms with Gasteiger partial charge in [0.1, 0.15) is 0 Å². The normalized spacial score (nSPS) is 11.3. The van der Waals surface area contributed by atoms with Crippen molar-refractivity contribution in [3.05, 3.63) is 51.5 Å². The fourth-order valence-corrected chi connectivity index (χ4v) is 3.25. The fourth-order valence-electron chi connectivity index (χ4n) is 1.57. The van der Waals surface area contributed by atoms with E-state index in [1.165, 1.54) is 12.1 Å². The summed E-state index contributed by atoms with van der Waals surface area (Å²) in [7, 11) is -3.73. The summed E-state index contributed by atoms with van der Waals surface area (Å²) in [4.78, 5) is 0.0941. The van der Waals surface area contributed by atoms with Crippen LogP contribution in [0.1, 0.15) is 5.56 Å². The number of nitrogens with two attached hydrogens (primary N) is 1. The van der Waals surface area contributed by atoms with Crippen LogP contribution in [0.15, 0.2) is 45.8 Å². The number of halogens is 2. The third kappa shape index (κ3) is 3.26. The van der Waals surface area contributed by atoms with Crippen molar-refractivity contribution in [2.24, 2.45) is 0 Å². The molecule has 0 radical (unpaired) electrons. The van der Waals surface area contributed by atoms with Gasteiger partial charge in [-0.05, 0) is 42.8 Å². The van der Waals surface area contributed by atoms with E-state index in [0.29, 0.717) is 16.4 Å². The highest BCUT2D eigenvalue weighted by molar-refractivity contribution is 9.10. The van der Waals surface area contributed by atoms with Gasteiger partial charge in [-0.2, -0.15) is 0 Å². The van der Waals surface area contributed by atoms with Crippen LogP contribution in [-0.4, -0.2) is 8.42 Å². The number of benzene rings is 2. The number of rotatable bonds is 3. The maximum Gasteiger partial charge on any atom is 0.262 e. The highest BCUT2D eigenvalue weighted by atomic mass is 79.9. The second kappa shape index (κ2) is 5.63. The molecule has 0 saturated heterocycles.